The van der Waals surface area contributed by atoms with Gasteiger partial charge in [0.15, 0.2) is 0 Å². The maximum atomic E-state index is 11.3. The molecule has 2 aromatic rings. The van der Waals surface area contributed by atoms with Crippen molar-refractivity contribution >= 4 is 17.0 Å². The van der Waals surface area contributed by atoms with Gasteiger partial charge in [-0.05, 0) is 25.5 Å². The molecule has 0 amide bonds. The number of rotatable bonds is 3. The number of hydrogen-bond donors (Lipinski definition) is 0. The third-order valence-electron chi connectivity index (χ3n) is 2.14. The van der Waals surface area contributed by atoms with Crippen LogP contribution < -0.4 is 0 Å². The van der Waals surface area contributed by atoms with E-state index in [2.05, 4.69) is 10.1 Å². The van der Waals surface area contributed by atoms with Gasteiger partial charge in [-0.1, -0.05) is 0 Å². The van der Waals surface area contributed by atoms with Crippen LogP contribution in [-0.2, 0) is 16.1 Å². The standard InChI is InChI=1S/C11H13N3O2/c1-3-16-11(15)7-14-6-10-9(13-14)4-8(2)5-12-10/h4-6H,3,7H2,1-2H3. The number of nitrogens with zero attached hydrogens (tertiary/aromatic N) is 3. The van der Waals surface area contributed by atoms with Crippen LogP contribution >= 0.6 is 0 Å². The molecule has 5 nitrogen and oxygen atoms in total. The van der Waals surface area contributed by atoms with Crippen LogP contribution in [-0.4, -0.2) is 27.3 Å². The lowest BCUT2D eigenvalue weighted by molar-refractivity contribution is -0.144. The number of aryl methyl sites for hydroxylation is 1. The summed E-state index contributed by atoms with van der Waals surface area (Å²) in [6.45, 7) is 4.25. The number of pyridine rings is 1. The highest BCUT2D eigenvalue weighted by Crippen LogP contribution is 2.10. The zero-order valence-electron chi connectivity index (χ0n) is 9.30. The minimum atomic E-state index is -0.285. The minimum Gasteiger partial charge on any atom is -0.465 e. The molecule has 0 aliphatic carbocycles. The third kappa shape index (κ3) is 2.18. The average Bonchev–Trinajstić information content (AvgIpc) is 2.59. The molecule has 16 heavy (non-hydrogen) atoms. The SMILES string of the molecule is CCOC(=O)Cn1cc2ncc(C)cc2n1. The first kappa shape index (κ1) is 10.6. The zero-order valence-corrected chi connectivity index (χ0v) is 9.30. The predicted octanol–water partition coefficient (Wildman–Crippen LogP) is 1.30. The molecule has 0 bridgehead atoms. The molecule has 0 saturated heterocycles. The van der Waals surface area contributed by atoms with Crippen molar-refractivity contribution in [1.82, 2.24) is 14.8 Å². The number of fused-ring (bicyclic) bond motifs is 1. The molecule has 0 aliphatic heterocycles. The van der Waals surface area contributed by atoms with Gasteiger partial charge in [0.05, 0.1) is 12.8 Å². The van der Waals surface area contributed by atoms with E-state index in [-0.39, 0.29) is 12.5 Å². The van der Waals surface area contributed by atoms with E-state index in [0.717, 1.165) is 16.6 Å². The van der Waals surface area contributed by atoms with Crippen LogP contribution in [0, 0.1) is 6.92 Å². The van der Waals surface area contributed by atoms with Crippen molar-refractivity contribution in [3.63, 3.8) is 0 Å². The molecule has 0 radical (unpaired) electrons. The molecule has 0 unspecified atom stereocenters. The van der Waals surface area contributed by atoms with Gasteiger partial charge in [-0.25, -0.2) is 0 Å². The lowest BCUT2D eigenvalue weighted by Gasteiger charge is -2.00. The molecule has 2 rings (SSSR count). The number of hydrogen-bond acceptors (Lipinski definition) is 4. The van der Waals surface area contributed by atoms with Gasteiger partial charge < -0.3 is 4.74 Å². The number of ether oxygens (including phenoxy) is 1. The molecule has 84 valence electrons. The summed E-state index contributed by atoms with van der Waals surface area (Å²) < 4.78 is 6.40. The summed E-state index contributed by atoms with van der Waals surface area (Å²) in [6, 6.07) is 1.93. The van der Waals surface area contributed by atoms with Crippen molar-refractivity contribution in [3.8, 4) is 0 Å². The van der Waals surface area contributed by atoms with Gasteiger partial charge in [0.2, 0.25) is 0 Å². The van der Waals surface area contributed by atoms with Crippen LogP contribution in [0.4, 0.5) is 0 Å². The van der Waals surface area contributed by atoms with E-state index < -0.39 is 0 Å². The molecule has 0 N–H and O–H groups in total. The molecule has 0 saturated carbocycles. The Morgan fingerprint density at radius 1 is 1.50 bits per heavy atom. The quantitative estimate of drug-likeness (QED) is 0.730. The Morgan fingerprint density at radius 2 is 2.31 bits per heavy atom. The van der Waals surface area contributed by atoms with Gasteiger partial charge in [-0.3, -0.25) is 14.5 Å². The van der Waals surface area contributed by atoms with Crippen molar-refractivity contribution in [2.75, 3.05) is 6.61 Å². The molecule has 0 aromatic carbocycles. The Bertz CT molecular complexity index is 519. The highest BCUT2D eigenvalue weighted by atomic mass is 16.5. The summed E-state index contributed by atoms with van der Waals surface area (Å²) in [5.74, 6) is -0.285. The Balaban J connectivity index is 2.23. The Hall–Kier alpha value is -1.91. The van der Waals surface area contributed by atoms with Gasteiger partial charge in [0.1, 0.15) is 17.6 Å². The van der Waals surface area contributed by atoms with Crippen molar-refractivity contribution in [1.29, 1.82) is 0 Å². The van der Waals surface area contributed by atoms with Crippen molar-refractivity contribution in [2.45, 2.75) is 20.4 Å². The lowest BCUT2D eigenvalue weighted by Crippen LogP contribution is -2.13. The summed E-state index contributed by atoms with van der Waals surface area (Å²) >= 11 is 0. The van der Waals surface area contributed by atoms with Gasteiger partial charge >= 0.3 is 5.97 Å². The largest absolute Gasteiger partial charge is 0.465 e. The number of esters is 1. The van der Waals surface area contributed by atoms with E-state index in [1.54, 1.807) is 24.0 Å². The van der Waals surface area contributed by atoms with Gasteiger partial charge in [0.25, 0.3) is 0 Å². The number of aromatic nitrogens is 3. The predicted molar refractivity (Wildman–Crippen MR) is 58.9 cm³/mol. The molecule has 0 aliphatic rings. The molecular formula is C11H13N3O2. The normalized spacial score (nSPS) is 10.6. The van der Waals surface area contributed by atoms with Gasteiger partial charge in [-0.15, -0.1) is 0 Å². The smallest absolute Gasteiger partial charge is 0.327 e. The second-order valence-electron chi connectivity index (χ2n) is 3.55. The zero-order chi connectivity index (χ0) is 11.5. The summed E-state index contributed by atoms with van der Waals surface area (Å²) in [5.41, 5.74) is 2.63. The van der Waals surface area contributed by atoms with Crippen LogP contribution in [0.2, 0.25) is 0 Å². The fourth-order valence-corrected chi connectivity index (χ4v) is 1.47. The summed E-state index contributed by atoms with van der Waals surface area (Å²) in [5, 5.41) is 4.25. The molecule has 2 aromatic heterocycles. The fraction of sp³-hybridized carbons (Fsp3) is 0.364. The summed E-state index contributed by atoms with van der Waals surface area (Å²) in [4.78, 5) is 15.5. The Morgan fingerprint density at radius 3 is 3.06 bits per heavy atom. The minimum absolute atomic E-state index is 0.128. The molecule has 0 fully saturated rings. The average molecular weight is 219 g/mol. The molecule has 2 heterocycles. The Labute approximate surface area is 93.0 Å². The van der Waals surface area contributed by atoms with Crippen LogP contribution in [0.5, 0.6) is 0 Å². The first-order chi connectivity index (χ1) is 7.69. The fourth-order valence-electron chi connectivity index (χ4n) is 1.47. The van der Waals surface area contributed by atoms with Gasteiger partial charge in [-0.2, -0.15) is 5.10 Å². The van der Waals surface area contributed by atoms with E-state index in [0.29, 0.717) is 6.61 Å². The molecule has 0 spiro atoms. The third-order valence-corrected chi connectivity index (χ3v) is 2.14. The van der Waals surface area contributed by atoms with Crippen molar-refractivity contribution < 1.29 is 9.53 Å². The van der Waals surface area contributed by atoms with Crippen LogP contribution in [0.1, 0.15) is 12.5 Å². The van der Waals surface area contributed by atoms with E-state index in [9.17, 15) is 4.79 Å². The number of carbonyl (C=O) groups excluding carboxylic acids is 1. The maximum Gasteiger partial charge on any atom is 0.327 e. The Kier molecular flexibility index (Phi) is 2.85. The van der Waals surface area contributed by atoms with E-state index in [1.807, 2.05) is 13.0 Å². The molecular weight excluding hydrogens is 206 g/mol. The topological polar surface area (TPSA) is 57.0 Å². The van der Waals surface area contributed by atoms with Crippen molar-refractivity contribution in [2.24, 2.45) is 0 Å². The van der Waals surface area contributed by atoms with Gasteiger partial charge in [0, 0.05) is 6.20 Å². The lowest BCUT2D eigenvalue weighted by atomic mass is 10.3. The maximum absolute atomic E-state index is 11.3. The molecule has 5 heteroatoms. The van der Waals surface area contributed by atoms with E-state index in [4.69, 9.17) is 4.74 Å². The number of carbonyl (C=O) groups is 1. The van der Waals surface area contributed by atoms with Crippen molar-refractivity contribution in [3.05, 3.63) is 24.0 Å². The van der Waals surface area contributed by atoms with Crippen LogP contribution in [0.25, 0.3) is 11.0 Å². The van der Waals surface area contributed by atoms with Crippen LogP contribution in [0.15, 0.2) is 18.5 Å². The van der Waals surface area contributed by atoms with E-state index >= 15 is 0 Å². The second kappa shape index (κ2) is 4.30. The first-order valence-corrected chi connectivity index (χ1v) is 5.14. The monoisotopic (exact) mass is 219 g/mol. The molecule has 0 atom stereocenters. The van der Waals surface area contributed by atoms with E-state index in [1.165, 1.54) is 0 Å². The highest BCUT2D eigenvalue weighted by molar-refractivity contribution is 5.75. The highest BCUT2D eigenvalue weighted by Gasteiger charge is 2.06. The first-order valence-electron chi connectivity index (χ1n) is 5.14. The second-order valence-corrected chi connectivity index (χ2v) is 3.55. The summed E-state index contributed by atoms with van der Waals surface area (Å²) in [7, 11) is 0. The summed E-state index contributed by atoms with van der Waals surface area (Å²) in [6.07, 6.45) is 3.52. The van der Waals surface area contributed by atoms with Crippen LogP contribution in [0.3, 0.4) is 0 Å².